The number of nitrogens with zero attached hydrogens (tertiary/aromatic N) is 4. The lowest BCUT2D eigenvalue weighted by Gasteiger charge is -2.22. The first kappa shape index (κ1) is 47.8. The number of amides is 5. The molecule has 5 heterocycles. The number of carbonyl (C=O) groups excluding carboxylic acids is 4. The minimum Gasteiger partial charge on any atom is -0.377 e. The zero-order chi connectivity index (χ0) is 44.7. The van der Waals surface area contributed by atoms with Crippen molar-refractivity contribution >= 4 is 58.3 Å². The third-order valence-electron chi connectivity index (χ3n) is 11.3. The fourth-order valence-electron chi connectivity index (χ4n) is 7.84. The van der Waals surface area contributed by atoms with Crippen LogP contribution in [0.25, 0.3) is 5.00 Å². The highest BCUT2D eigenvalue weighted by Crippen LogP contribution is 2.41. The Hall–Kier alpha value is -4.66. The highest BCUT2D eigenvalue weighted by Gasteiger charge is 2.42. The number of rotatable bonds is 26. The molecule has 5 N–H and O–H groups in total. The van der Waals surface area contributed by atoms with Crippen molar-refractivity contribution in [3.63, 3.8) is 0 Å². The third-order valence-corrected chi connectivity index (χ3v) is 14.0. The highest BCUT2D eigenvalue weighted by atomic mass is 32.2. The van der Waals surface area contributed by atoms with E-state index in [-0.39, 0.29) is 35.8 Å². The summed E-state index contributed by atoms with van der Waals surface area (Å²) in [4.78, 5) is 55.9. The van der Waals surface area contributed by atoms with Crippen molar-refractivity contribution < 1.29 is 38.1 Å². The smallest absolute Gasteiger partial charge is 0.315 e. The number of carbonyl (C=O) groups is 4. The Morgan fingerprint density at radius 3 is 2.25 bits per heavy atom. The number of thioether (sulfide) groups is 1. The monoisotopic (exact) mass is 907 g/mol. The molecule has 0 saturated carbocycles. The van der Waals surface area contributed by atoms with Crippen LogP contribution in [0, 0.1) is 26.7 Å². The van der Waals surface area contributed by atoms with Gasteiger partial charge in [0.25, 0.3) is 0 Å². The standard InChI is InChI=1S/C44H61N9O8S2/c1-6-32(39-41-52-51-29(5)53(41)43-37(27(3)28(4)63-43)38(49-39)30-12-14-31(15-13-30)47-35(54)7-2)42(56)46-17-19-59-21-23-61-25-24-60-22-20-58-18-16-45-36(55)11-9-8-10-34-40-33(26-62-34)48-44(57)50-40/h7,12-15,32-34,39-40H,2,6,8-11,16-26H2,1,3-5H3,(H,45,55)(H,46,56)(H,47,54)(H2,48,50,57)/t32-,33+,34+,39?,40+/m1/s1. The molecule has 63 heavy (non-hydrogen) atoms. The summed E-state index contributed by atoms with van der Waals surface area (Å²) in [6.07, 6.45) is 5.01. The second-order valence-electron chi connectivity index (χ2n) is 15.6. The largest absolute Gasteiger partial charge is 0.377 e. The van der Waals surface area contributed by atoms with Gasteiger partial charge in [0.15, 0.2) is 5.82 Å². The maximum absolute atomic E-state index is 13.8. The Balaban J connectivity index is 0.838. The Labute approximate surface area is 377 Å². The van der Waals surface area contributed by atoms with Crippen LogP contribution >= 0.6 is 23.1 Å². The van der Waals surface area contributed by atoms with Crippen molar-refractivity contribution in [1.82, 2.24) is 36.0 Å². The Morgan fingerprint density at radius 2 is 1.59 bits per heavy atom. The van der Waals surface area contributed by atoms with Crippen LogP contribution < -0.4 is 26.6 Å². The highest BCUT2D eigenvalue weighted by molar-refractivity contribution is 8.00. The van der Waals surface area contributed by atoms with Gasteiger partial charge < -0.3 is 45.5 Å². The first-order chi connectivity index (χ1) is 30.6. The van der Waals surface area contributed by atoms with Crippen LogP contribution in [0.4, 0.5) is 10.5 Å². The third kappa shape index (κ3) is 12.8. The van der Waals surface area contributed by atoms with Crippen LogP contribution in [-0.4, -0.2) is 133 Å². The predicted molar refractivity (Wildman–Crippen MR) is 244 cm³/mol. The molecule has 2 aromatic heterocycles. The Bertz CT molecular complexity index is 2070. The van der Waals surface area contributed by atoms with Crippen molar-refractivity contribution in [3.8, 4) is 5.00 Å². The van der Waals surface area contributed by atoms with Crippen molar-refractivity contribution in [2.45, 2.75) is 83.2 Å². The number of unbranched alkanes of at least 4 members (excludes halogenated alkanes) is 1. The first-order valence-corrected chi connectivity index (χ1v) is 23.6. The summed E-state index contributed by atoms with van der Waals surface area (Å²) in [6, 6.07) is 7.27. The molecule has 6 rings (SSSR count). The number of urea groups is 1. The number of aromatic nitrogens is 3. The van der Waals surface area contributed by atoms with Crippen LogP contribution in [0.3, 0.4) is 0 Å². The average molecular weight is 908 g/mol. The maximum atomic E-state index is 13.8. The number of hydrogen-bond donors (Lipinski definition) is 5. The molecule has 17 nitrogen and oxygen atoms in total. The maximum Gasteiger partial charge on any atom is 0.315 e. The number of aliphatic imine (C=N–C) groups is 1. The summed E-state index contributed by atoms with van der Waals surface area (Å²) in [5.41, 5.74) is 4.32. The SMILES string of the molecule is C=CC(=O)Nc1ccc(C2=NC([C@@H](CC)C(=O)NCCOCCOCCOCCOCCNC(=O)CCCC[C@@H]3SC[C@@H]4NC(=O)N[C@@H]43)c3nnc(C)n3-c3sc(C)c(C)c32)cc1. The van der Waals surface area contributed by atoms with E-state index in [1.165, 1.54) is 6.08 Å². The minimum absolute atomic E-state index is 0.0251. The van der Waals surface area contributed by atoms with E-state index in [0.717, 1.165) is 57.3 Å². The van der Waals surface area contributed by atoms with Gasteiger partial charge in [0.2, 0.25) is 17.7 Å². The second-order valence-corrected chi connectivity index (χ2v) is 18.0. The van der Waals surface area contributed by atoms with Crippen molar-refractivity contribution in [2.24, 2.45) is 10.9 Å². The number of nitrogens with one attached hydrogen (secondary N) is 5. The van der Waals surface area contributed by atoms with Crippen molar-refractivity contribution in [1.29, 1.82) is 0 Å². The van der Waals surface area contributed by atoms with Gasteiger partial charge in [-0.3, -0.25) is 23.9 Å². The number of benzene rings is 1. The summed E-state index contributed by atoms with van der Waals surface area (Å²) in [6.45, 7) is 15.5. The summed E-state index contributed by atoms with van der Waals surface area (Å²) in [7, 11) is 0. The number of ether oxygens (including phenoxy) is 4. The lowest BCUT2D eigenvalue weighted by Crippen LogP contribution is -2.36. The number of anilines is 1. The van der Waals surface area contributed by atoms with Gasteiger partial charge in [-0.2, -0.15) is 11.8 Å². The molecule has 0 bridgehead atoms. The summed E-state index contributed by atoms with van der Waals surface area (Å²) in [5.74, 6) is 1.33. The van der Waals surface area contributed by atoms with Gasteiger partial charge in [-0.25, -0.2) is 4.79 Å². The molecule has 3 aromatic rings. The van der Waals surface area contributed by atoms with Gasteiger partial charge in [-0.1, -0.05) is 32.1 Å². The van der Waals surface area contributed by atoms with Crippen LogP contribution in [-0.2, 0) is 33.3 Å². The van der Waals surface area contributed by atoms with E-state index in [9.17, 15) is 19.2 Å². The van der Waals surface area contributed by atoms with E-state index in [4.69, 9.17) is 23.9 Å². The van der Waals surface area contributed by atoms with E-state index in [1.807, 2.05) is 54.4 Å². The average Bonchev–Trinajstić information content (AvgIpc) is 4.01. The first-order valence-electron chi connectivity index (χ1n) is 21.8. The van der Waals surface area contributed by atoms with E-state index in [0.29, 0.717) is 101 Å². The lowest BCUT2D eigenvalue weighted by atomic mass is 9.94. The van der Waals surface area contributed by atoms with Gasteiger partial charge in [0, 0.05) is 52.2 Å². The normalized spacial score (nSPS) is 19.2. The summed E-state index contributed by atoms with van der Waals surface area (Å²) in [5, 5.41) is 25.1. The molecule has 5 atom stereocenters. The quantitative estimate of drug-likeness (QED) is 0.0436. The van der Waals surface area contributed by atoms with Crippen molar-refractivity contribution in [3.05, 3.63) is 70.1 Å². The van der Waals surface area contributed by atoms with E-state index in [2.05, 4.69) is 57.2 Å². The molecule has 2 saturated heterocycles. The zero-order valence-corrected chi connectivity index (χ0v) is 38.3. The van der Waals surface area contributed by atoms with Gasteiger partial charge in [-0.15, -0.1) is 21.5 Å². The number of aryl methyl sites for hydroxylation is 2. The molecule has 0 radical (unpaired) electrons. The van der Waals surface area contributed by atoms with Crippen LogP contribution in [0.1, 0.15) is 78.3 Å². The fraction of sp³-hybridized carbons (Fsp3) is 0.568. The van der Waals surface area contributed by atoms with Crippen molar-refractivity contribution in [2.75, 3.05) is 77.0 Å². The number of fused-ring (bicyclic) bond motifs is 4. The fourth-order valence-corrected chi connectivity index (χ4v) is 10.6. The Morgan fingerprint density at radius 1 is 0.921 bits per heavy atom. The van der Waals surface area contributed by atoms with Gasteiger partial charge in [0.1, 0.15) is 16.9 Å². The van der Waals surface area contributed by atoms with E-state index < -0.39 is 12.0 Å². The van der Waals surface area contributed by atoms with Crippen LogP contribution in [0.15, 0.2) is 41.9 Å². The molecule has 1 aromatic carbocycles. The summed E-state index contributed by atoms with van der Waals surface area (Å²) < 4.78 is 24.5. The molecule has 342 valence electrons. The second kappa shape index (κ2) is 23.9. The molecule has 19 heteroatoms. The molecular formula is C44H61N9O8S2. The summed E-state index contributed by atoms with van der Waals surface area (Å²) >= 11 is 3.54. The number of hydrogen-bond acceptors (Lipinski definition) is 13. The lowest BCUT2D eigenvalue weighted by molar-refractivity contribution is -0.126. The van der Waals surface area contributed by atoms with E-state index in [1.54, 1.807) is 11.3 Å². The predicted octanol–water partition coefficient (Wildman–Crippen LogP) is 4.32. The molecule has 0 aliphatic carbocycles. The molecule has 1 unspecified atom stereocenters. The molecule has 3 aliphatic heterocycles. The van der Waals surface area contributed by atoms with E-state index >= 15 is 0 Å². The van der Waals surface area contributed by atoms with Crippen LogP contribution in [0.2, 0.25) is 0 Å². The van der Waals surface area contributed by atoms with Gasteiger partial charge in [0.05, 0.1) is 76.6 Å². The molecular weight excluding hydrogens is 847 g/mol. The topological polar surface area (TPSA) is 208 Å². The van der Waals surface area contributed by atoms with Crippen LogP contribution in [0.5, 0.6) is 0 Å². The molecule has 0 spiro atoms. The zero-order valence-electron chi connectivity index (χ0n) is 36.7. The molecule has 5 amide bonds. The Kier molecular flexibility index (Phi) is 18.1. The number of thiophene rings is 1. The minimum atomic E-state index is -0.611. The molecule has 2 fully saturated rings. The molecule has 3 aliphatic rings. The van der Waals surface area contributed by atoms with Gasteiger partial charge in [-0.05, 0) is 63.8 Å². The van der Waals surface area contributed by atoms with Gasteiger partial charge >= 0.3 is 6.03 Å².